The van der Waals surface area contributed by atoms with Gasteiger partial charge in [0.25, 0.3) is 0 Å². The molecule has 0 spiro atoms. The van der Waals surface area contributed by atoms with E-state index in [0.29, 0.717) is 30.9 Å². The van der Waals surface area contributed by atoms with E-state index < -0.39 is 0 Å². The van der Waals surface area contributed by atoms with Crippen molar-refractivity contribution < 1.29 is 9.53 Å². The zero-order chi connectivity index (χ0) is 15.7. The van der Waals surface area contributed by atoms with Gasteiger partial charge in [-0.15, -0.1) is 0 Å². The van der Waals surface area contributed by atoms with Gasteiger partial charge in [-0.2, -0.15) is 0 Å². The Kier molecular flexibility index (Phi) is 7.75. The van der Waals surface area contributed by atoms with E-state index in [1.165, 1.54) is 5.56 Å². The van der Waals surface area contributed by atoms with Crippen LogP contribution < -0.4 is 10.5 Å². The van der Waals surface area contributed by atoms with E-state index in [-0.39, 0.29) is 5.91 Å². The van der Waals surface area contributed by atoms with Crippen LogP contribution in [0.4, 0.5) is 0 Å². The Bertz CT molecular complexity index is 460. The maximum atomic E-state index is 12.1. The molecule has 0 aliphatic rings. The van der Waals surface area contributed by atoms with Crippen LogP contribution in [-0.4, -0.2) is 36.0 Å². The lowest BCUT2D eigenvalue weighted by atomic mass is 10.1. The first-order chi connectivity index (χ1) is 10.1. The number of rotatable bonds is 9. The Labute approximate surface area is 132 Å². The SMILES string of the molecule is CCCC(=O)N(CCC(N)=S)CCc1ccc(OC)cc1. The van der Waals surface area contributed by atoms with E-state index in [2.05, 4.69) is 0 Å². The van der Waals surface area contributed by atoms with Gasteiger partial charge in [0.05, 0.1) is 12.1 Å². The molecule has 1 rings (SSSR count). The van der Waals surface area contributed by atoms with E-state index in [4.69, 9.17) is 22.7 Å². The summed E-state index contributed by atoms with van der Waals surface area (Å²) < 4.78 is 5.14. The number of thiocarbonyl (C=S) groups is 1. The first-order valence-corrected chi connectivity index (χ1v) is 7.66. The molecule has 0 saturated carbocycles. The fourth-order valence-electron chi connectivity index (χ4n) is 2.03. The van der Waals surface area contributed by atoms with Gasteiger partial charge in [0.15, 0.2) is 0 Å². The lowest BCUT2D eigenvalue weighted by molar-refractivity contribution is -0.131. The monoisotopic (exact) mass is 308 g/mol. The van der Waals surface area contributed by atoms with Gasteiger partial charge in [0, 0.05) is 25.9 Å². The molecule has 116 valence electrons. The summed E-state index contributed by atoms with van der Waals surface area (Å²) in [5.41, 5.74) is 6.71. The van der Waals surface area contributed by atoms with Crippen LogP contribution in [0.15, 0.2) is 24.3 Å². The van der Waals surface area contributed by atoms with E-state index >= 15 is 0 Å². The van der Waals surface area contributed by atoms with Gasteiger partial charge in [-0.05, 0) is 30.5 Å². The molecule has 0 aliphatic heterocycles. The van der Waals surface area contributed by atoms with Gasteiger partial charge < -0.3 is 15.4 Å². The van der Waals surface area contributed by atoms with Gasteiger partial charge in [-0.1, -0.05) is 31.3 Å². The minimum absolute atomic E-state index is 0.169. The molecular formula is C16H24N2O2S. The van der Waals surface area contributed by atoms with Crippen molar-refractivity contribution >= 4 is 23.1 Å². The minimum Gasteiger partial charge on any atom is -0.497 e. The molecule has 0 heterocycles. The van der Waals surface area contributed by atoms with Crippen LogP contribution in [-0.2, 0) is 11.2 Å². The largest absolute Gasteiger partial charge is 0.497 e. The third-order valence-electron chi connectivity index (χ3n) is 3.27. The standard InChI is InChI=1S/C16H24N2O2S/c1-3-4-16(19)18(12-10-15(17)21)11-9-13-5-7-14(20-2)8-6-13/h5-8H,3-4,9-12H2,1-2H3,(H2,17,21). The second kappa shape index (κ2) is 9.34. The first-order valence-electron chi connectivity index (χ1n) is 7.25. The summed E-state index contributed by atoms with van der Waals surface area (Å²) in [6.45, 7) is 3.30. The van der Waals surface area contributed by atoms with Crippen molar-refractivity contribution in [1.82, 2.24) is 4.90 Å². The summed E-state index contributed by atoms with van der Waals surface area (Å²) in [5.74, 6) is 1.01. The van der Waals surface area contributed by atoms with Crippen molar-refractivity contribution in [3.63, 3.8) is 0 Å². The van der Waals surface area contributed by atoms with Crippen molar-refractivity contribution in [3.8, 4) is 5.75 Å². The summed E-state index contributed by atoms with van der Waals surface area (Å²) in [6, 6.07) is 7.91. The topological polar surface area (TPSA) is 55.6 Å². The molecule has 0 bridgehead atoms. The second-order valence-corrected chi connectivity index (χ2v) is 5.47. The number of methoxy groups -OCH3 is 1. The van der Waals surface area contributed by atoms with Crippen LogP contribution >= 0.6 is 12.2 Å². The number of ether oxygens (including phenoxy) is 1. The number of nitrogens with zero attached hydrogens (tertiary/aromatic N) is 1. The van der Waals surface area contributed by atoms with Crippen molar-refractivity contribution in [2.24, 2.45) is 5.73 Å². The predicted molar refractivity (Wildman–Crippen MR) is 89.6 cm³/mol. The third-order valence-corrected chi connectivity index (χ3v) is 3.48. The van der Waals surface area contributed by atoms with Crippen LogP contribution in [0.3, 0.4) is 0 Å². The summed E-state index contributed by atoms with van der Waals surface area (Å²) in [7, 11) is 1.65. The molecule has 1 amide bonds. The number of carbonyl (C=O) groups is 1. The average molecular weight is 308 g/mol. The van der Waals surface area contributed by atoms with Crippen LogP contribution in [0, 0.1) is 0 Å². The molecular weight excluding hydrogens is 284 g/mol. The van der Waals surface area contributed by atoms with Crippen molar-refractivity contribution in [3.05, 3.63) is 29.8 Å². The highest BCUT2D eigenvalue weighted by atomic mass is 32.1. The zero-order valence-electron chi connectivity index (χ0n) is 12.8. The van der Waals surface area contributed by atoms with Gasteiger partial charge in [0.1, 0.15) is 5.75 Å². The van der Waals surface area contributed by atoms with Crippen molar-refractivity contribution in [2.75, 3.05) is 20.2 Å². The lowest BCUT2D eigenvalue weighted by Gasteiger charge is -2.22. The molecule has 0 radical (unpaired) electrons. The molecule has 1 aromatic carbocycles. The highest BCUT2D eigenvalue weighted by Crippen LogP contribution is 2.12. The number of hydrogen-bond acceptors (Lipinski definition) is 3. The number of benzene rings is 1. The Morgan fingerprint density at radius 1 is 1.24 bits per heavy atom. The Morgan fingerprint density at radius 2 is 1.90 bits per heavy atom. The summed E-state index contributed by atoms with van der Waals surface area (Å²) in [5, 5.41) is 0. The summed E-state index contributed by atoms with van der Waals surface area (Å²) in [6.07, 6.45) is 2.81. The highest BCUT2D eigenvalue weighted by molar-refractivity contribution is 7.80. The van der Waals surface area contributed by atoms with Gasteiger partial charge in [-0.3, -0.25) is 4.79 Å². The molecule has 5 heteroatoms. The fourth-order valence-corrected chi connectivity index (χ4v) is 2.13. The van der Waals surface area contributed by atoms with Gasteiger partial charge >= 0.3 is 0 Å². The Morgan fingerprint density at radius 3 is 2.43 bits per heavy atom. The molecule has 21 heavy (non-hydrogen) atoms. The lowest BCUT2D eigenvalue weighted by Crippen LogP contribution is -2.35. The smallest absolute Gasteiger partial charge is 0.222 e. The second-order valence-electron chi connectivity index (χ2n) is 4.95. The van der Waals surface area contributed by atoms with E-state index in [1.807, 2.05) is 36.1 Å². The first kappa shape index (κ1) is 17.4. The number of hydrogen-bond donors (Lipinski definition) is 1. The summed E-state index contributed by atoms with van der Waals surface area (Å²) in [4.78, 5) is 14.4. The maximum absolute atomic E-state index is 12.1. The highest BCUT2D eigenvalue weighted by Gasteiger charge is 2.12. The number of amides is 1. The molecule has 0 aromatic heterocycles. The molecule has 0 fully saturated rings. The van der Waals surface area contributed by atoms with Crippen LogP contribution in [0.5, 0.6) is 5.75 Å². The normalized spacial score (nSPS) is 10.2. The van der Waals surface area contributed by atoms with Gasteiger partial charge in [-0.25, -0.2) is 0 Å². The fraction of sp³-hybridized carbons (Fsp3) is 0.500. The Hall–Kier alpha value is -1.62. The minimum atomic E-state index is 0.169. The zero-order valence-corrected chi connectivity index (χ0v) is 13.6. The van der Waals surface area contributed by atoms with E-state index in [0.717, 1.165) is 18.6 Å². The van der Waals surface area contributed by atoms with Crippen LogP contribution in [0.2, 0.25) is 0 Å². The molecule has 4 nitrogen and oxygen atoms in total. The molecule has 2 N–H and O–H groups in total. The van der Waals surface area contributed by atoms with Gasteiger partial charge in [0.2, 0.25) is 5.91 Å². The molecule has 0 saturated heterocycles. The molecule has 0 atom stereocenters. The molecule has 0 unspecified atom stereocenters. The Balaban J connectivity index is 2.57. The third kappa shape index (κ3) is 6.58. The quantitative estimate of drug-likeness (QED) is 0.712. The van der Waals surface area contributed by atoms with Crippen LogP contribution in [0.1, 0.15) is 31.7 Å². The predicted octanol–water partition coefficient (Wildman–Crippen LogP) is 2.54. The molecule has 0 aliphatic carbocycles. The van der Waals surface area contributed by atoms with E-state index in [1.54, 1.807) is 7.11 Å². The summed E-state index contributed by atoms with van der Waals surface area (Å²) >= 11 is 4.90. The molecule has 1 aromatic rings. The number of carbonyl (C=O) groups excluding carboxylic acids is 1. The average Bonchev–Trinajstić information content (AvgIpc) is 2.47. The number of nitrogens with two attached hydrogens (primary N) is 1. The van der Waals surface area contributed by atoms with Crippen molar-refractivity contribution in [2.45, 2.75) is 32.6 Å². The van der Waals surface area contributed by atoms with E-state index in [9.17, 15) is 4.79 Å². The maximum Gasteiger partial charge on any atom is 0.222 e. The van der Waals surface area contributed by atoms with Crippen molar-refractivity contribution in [1.29, 1.82) is 0 Å². The van der Waals surface area contributed by atoms with Crippen LogP contribution in [0.25, 0.3) is 0 Å².